The van der Waals surface area contributed by atoms with Gasteiger partial charge in [0, 0.05) is 31.3 Å². The quantitative estimate of drug-likeness (QED) is 0.334. The number of hydrogen-bond acceptors (Lipinski definition) is 5. The molecule has 6 aromatic rings. The van der Waals surface area contributed by atoms with Crippen LogP contribution in [0.15, 0.2) is 60.8 Å². The molecule has 0 radical (unpaired) electrons. The van der Waals surface area contributed by atoms with Crippen molar-refractivity contribution in [2.24, 2.45) is 7.05 Å². The summed E-state index contributed by atoms with van der Waals surface area (Å²) in [6.07, 6.45) is 1.88. The van der Waals surface area contributed by atoms with Gasteiger partial charge in [0.25, 0.3) is 0 Å². The van der Waals surface area contributed by atoms with Crippen molar-refractivity contribution in [2.45, 2.75) is 13.1 Å². The Morgan fingerprint density at radius 2 is 1.82 bits per heavy atom. The van der Waals surface area contributed by atoms with Crippen molar-refractivity contribution in [1.82, 2.24) is 40.2 Å². The van der Waals surface area contributed by atoms with Gasteiger partial charge in [-0.15, -0.1) is 0 Å². The number of imidazole rings is 1. The fraction of sp³-hybridized carbons (Fsp3) is 0.120. The Labute approximate surface area is 188 Å². The molecule has 7 rings (SSSR count). The lowest BCUT2D eigenvalue weighted by molar-refractivity contribution is 0.627. The van der Waals surface area contributed by atoms with Crippen LogP contribution < -0.4 is 5.32 Å². The van der Waals surface area contributed by atoms with Crippen LogP contribution in [0, 0.1) is 0 Å². The lowest BCUT2D eigenvalue weighted by Crippen LogP contribution is -2.16. The Morgan fingerprint density at radius 3 is 2.79 bits per heavy atom. The molecule has 2 aromatic carbocycles. The van der Waals surface area contributed by atoms with Gasteiger partial charge < -0.3 is 10.3 Å². The normalized spacial score (nSPS) is 13.2. The van der Waals surface area contributed by atoms with Gasteiger partial charge in [0.15, 0.2) is 11.5 Å². The molecule has 0 amide bonds. The molecule has 8 nitrogen and oxygen atoms in total. The van der Waals surface area contributed by atoms with E-state index >= 15 is 0 Å². The zero-order chi connectivity index (χ0) is 21.9. The lowest BCUT2D eigenvalue weighted by atomic mass is 10.0. The summed E-state index contributed by atoms with van der Waals surface area (Å²) < 4.78 is 1.91. The molecule has 1 aliphatic rings. The molecule has 3 N–H and O–H groups in total. The average Bonchev–Trinajstić information content (AvgIpc) is 3.54. The van der Waals surface area contributed by atoms with E-state index < -0.39 is 0 Å². The third-order valence-corrected chi connectivity index (χ3v) is 6.34. The molecule has 0 aliphatic carbocycles. The summed E-state index contributed by atoms with van der Waals surface area (Å²) in [5, 5.41) is 15.7. The van der Waals surface area contributed by atoms with Gasteiger partial charge in [0.2, 0.25) is 0 Å². The number of hydrogen-bond donors (Lipinski definition) is 3. The van der Waals surface area contributed by atoms with Crippen molar-refractivity contribution < 1.29 is 0 Å². The number of pyridine rings is 1. The average molecular weight is 432 g/mol. The highest BCUT2D eigenvalue weighted by Crippen LogP contribution is 2.32. The van der Waals surface area contributed by atoms with E-state index in [1.165, 1.54) is 5.56 Å². The number of para-hydroxylation sites is 1. The van der Waals surface area contributed by atoms with Gasteiger partial charge in [-0.25, -0.2) is 9.97 Å². The third-order valence-electron chi connectivity index (χ3n) is 6.34. The molecule has 0 atom stereocenters. The van der Waals surface area contributed by atoms with Crippen molar-refractivity contribution in [2.75, 3.05) is 0 Å². The number of aryl methyl sites for hydroxylation is 1. The molecular weight excluding hydrogens is 412 g/mol. The van der Waals surface area contributed by atoms with E-state index in [1.807, 2.05) is 36.1 Å². The molecule has 0 spiro atoms. The molecule has 1 aliphatic heterocycles. The predicted octanol–water partition coefficient (Wildman–Crippen LogP) is 4.17. The molecule has 4 aromatic heterocycles. The van der Waals surface area contributed by atoms with Crippen LogP contribution >= 0.6 is 0 Å². The maximum atomic E-state index is 4.98. The number of H-pyrrole nitrogens is 2. The number of benzene rings is 2. The summed E-state index contributed by atoms with van der Waals surface area (Å²) in [7, 11) is 1.97. The highest BCUT2D eigenvalue weighted by molar-refractivity contribution is 5.96. The predicted molar refractivity (Wildman–Crippen MR) is 127 cm³/mol. The van der Waals surface area contributed by atoms with Gasteiger partial charge in [-0.1, -0.05) is 30.3 Å². The minimum atomic E-state index is 0.684. The minimum absolute atomic E-state index is 0.684. The van der Waals surface area contributed by atoms with Crippen molar-refractivity contribution in [3.8, 4) is 33.9 Å². The summed E-state index contributed by atoms with van der Waals surface area (Å²) in [4.78, 5) is 13.4. The Bertz CT molecular complexity index is 1670. The van der Waals surface area contributed by atoms with Gasteiger partial charge >= 0.3 is 0 Å². The molecule has 33 heavy (non-hydrogen) atoms. The van der Waals surface area contributed by atoms with Gasteiger partial charge in [-0.05, 0) is 35.4 Å². The monoisotopic (exact) mass is 432 g/mol. The maximum Gasteiger partial charge on any atom is 0.161 e. The molecule has 160 valence electrons. The highest BCUT2D eigenvalue weighted by Gasteiger charge is 2.19. The SMILES string of the molecule is Cn1ncc2c1CNCc1cccc(c1)-c1cccc3[nH]c(nc13)-c1n[nH]c3ccc-2nc13. The lowest BCUT2D eigenvalue weighted by Gasteiger charge is -2.10. The largest absolute Gasteiger partial charge is 0.336 e. The molecule has 0 unspecified atom stereocenters. The van der Waals surface area contributed by atoms with E-state index in [1.54, 1.807) is 0 Å². The number of nitrogens with zero attached hydrogens (tertiary/aromatic N) is 5. The second-order valence-electron chi connectivity index (χ2n) is 8.38. The molecule has 5 heterocycles. The van der Waals surface area contributed by atoms with Crippen LogP contribution in [-0.4, -0.2) is 34.9 Å². The van der Waals surface area contributed by atoms with E-state index in [2.05, 4.69) is 62.0 Å². The first-order valence-electron chi connectivity index (χ1n) is 10.9. The van der Waals surface area contributed by atoms with Gasteiger partial charge in [-0.3, -0.25) is 9.78 Å². The summed E-state index contributed by atoms with van der Waals surface area (Å²) >= 11 is 0. The summed E-state index contributed by atoms with van der Waals surface area (Å²) in [6, 6.07) is 18.8. The van der Waals surface area contributed by atoms with Crippen LogP contribution in [0.3, 0.4) is 0 Å². The summed E-state index contributed by atoms with van der Waals surface area (Å²) in [5.41, 5.74) is 10.6. The minimum Gasteiger partial charge on any atom is -0.336 e. The van der Waals surface area contributed by atoms with E-state index in [4.69, 9.17) is 9.97 Å². The highest BCUT2D eigenvalue weighted by atomic mass is 15.3. The third kappa shape index (κ3) is 2.81. The molecule has 0 saturated carbocycles. The fourth-order valence-electron chi connectivity index (χ4n) is 4.65. The van der Waals surface area contributed by atoms with Crippen molar-refractivity contribution in [3.63, 3.8) is 0 Å². The Morgan fingerprint density at radius 1 is 0.879 bits per heavy atom. The first kappa shape index (κ1) is 18.3. The topological polar surface area (TPSA) is 100 Å². The molecule has 0 saturated heterocycles. The van der Waals surface area contributed by atoms with Crippen molar-refractivity contribution in [1.29, 1.82) is 0 Å². The standard InChI is InChI=1S/C25H20N8/c1-33-21-13-26-11-14-4-2-5-15(10-14)16-6-3-7-19-22(16)30-25(29-19)24-23-20(31-32-24)9-8-18(28-23)17(21)12-27-33/h2-10,12,26H,11,13H2,1H3,(H,29,30)(H,31,32). The first-order valence-corrected chi connectivity index (χ1v) is 10.9. The van der Waals surface area contributed by atoms with Crippen molar-refractivity contribution in [3.05, 3.63) is 72.1 Å². The second kappa shape index (κ2) is 6.85. The van der Waals surface area contributed by atoms with Crippen LogP contribution in [0.1, 0.15) is 11.3 Å². The number of nitrogens with one attached hydrogen (secondary N) is 3. The van der Waals surface area contributed by atoms with E-state index in [-0.39, 0.29) is 0 Å². The summed E-state index contributed by atoms with van der Waals surface area (Å²) in [6.45, 7) is 1.43. The number of aromatic nitrogens is 7. The zero-order valence-electron chi connectivity index (χ0n) is 17.9. The van der Waals surface area contributed by atoms with E-state index in [0.29, 0.717) is 18.1 Å². The summed E-state index contributed by atoms with van der Waals surface area (Å²) in [5.74, 6) is 0.699. The Hall–Kier alpha value is -4.30. The second-order valence-corrected chi connectivity index (χ2v) is 8.38. The molecule has 8 heteroatoms. The van der Waals surface area contributed by atoms with Crippen LogP contribution in [-0.2, 0) is 20.1 Å². The van der Waals surface area contributed by atoms with Gasteiger partial charge in [0.05, 0.1) is 34.1 Å². The van der Waals surface area contributed by atoms with Gasteiger partial charge in [0.1, 0.15) is 5.52 Å². The van der Waals surface area contributed by atoms with Gasteiger partial charge in [-0.2, -0.15) is 10.2 Å². The van der Waals surface area contributed by atoms with E-state index in [0.717, 1.165) is 56.7 Å². The fourth-order valence-corrected chi connectivity index (χ4v) is 4.65. The number of rotatable bonds is 0. The molecule has 6 bridgehead atoms. The van der Waals surface area contributed by atoms with E-state index in [9.17, 15) is 0 Å². The van der Waals surface area contributed by atoms with Crippen LogP contribution in [0.5, 0.6) is 0 Å². The zero-order valence-corrected chi connectivity index (χ0v) is 17.9. The van der Waals surface area contributed by atoms with Crippen LogP contribution in [0.25, 0.3) is 56.0 Å². The Kier molecular flexibility index (Phi) is 3.80. The smallest absolute Gasteiger partial charge is 0.161 e. The molecular formula is C25H20N8. The maximum absolute atomic E-state index is 4.98. The first-order chi connectivity index (χ1) is 16.2. The Balaban J connectivity index is 1.53. The van der Waals surface area contributed by atoms with Crippen LogP contribution in [0.2, 0.25) is 0 Å². The number of fused-ring (bicyclic) bond motifs is 8. The van der Waals surface area contributed by atoms with Crippen LogP contribution in [0.4, 0.5) is 0 Å². The molecule has 0 fully saturated rings. The number of aromatic amines is 2. The van der Waals surface area contributed by atoms with Crippen molar-refractivity contribution >= 4 is 22.1 Å².